The summed E-state index contributed by atoms with van der Waals surface area (Å²) >= 11 is 2.22. The average Bonchev–Trinajstić information content (AvgIpc) is 3.14. The lowest BCUT2D eigenvalue weighted by Gasteiger charge is -2.50. The van der Waals surface area contributed by atoms with Crippen LogP contribution >= 0.6 is 23.3 Å². The van der Waals surface area contributed by atoms with Crippen LogP contribution in [0.25, 0.3) is 0 Å². The molecule has 2 amide bonds. The Kier molecular flexibility index (Phi) is 6.85. The number of amides is 2. The highest BCUT2D eigenvalue weighted by atomic mass is 32.2. The van der Waals surface area contributed by atoms with Crippen molar-refractivity contribution in [2.45, 2.75) is 11.4 Å². The summed E-state index contributed by atoms with van der Waals surface area (Å²) in [6.07, 6.45) is 3.57. The van der Waals surface area contributed by atoms with Crippen LogP contribution in [-0.2, 0) is 19.2 Å². The number of carboxylic acid groups (broad SMARTS) is 1. The molecule has 0 aliphatic carbocycles. The van der Waals surface area contributed by atoms with Crippen molar-refractivity contribution in [3.63, 3.8) is 0 Å². The molecule has 1 saturated heterocycles. The third-order valence-corrected chi connectivity index (χ3v) is 6.35. The number of rotatable bonds is 8. The number of thioether (sulfide) groups is 1. The maximum absolute atomic E-state index is 12.8. The van der Waals surface area contributed by atoms with Crippen molar-refractivity contribution in [3.8, 4) is 0 Å². The van der Waals surface area contributed by atoms with Crippen molar-refractivity contribution < 1.29 is 28.8 Å². The molecule has 2 aliphatic rings. The number of hydrogen-bond donors (Lipinski definition) is 2. The van der Waals surface area contributed by atoms with E-state index in [0.717, 1.165) is 16.4 Å². The number of nitrogens with zero attached hydrogens (tertiary/aromatic N) is 5. The van der Waals surface area contributed by atoms with Crippen LogP contribution in [0.2, 0.25) is 0 Å². The molecule has 32 heavy (non-hydrogen) atoms. The number of nitrogen functional groups attached to an aromatic ring is 1. The number of hydrogen-bond acceptors (Lipinski definition) is 11. The zero-order valence-electron chi connectivity index (χ0n) is 17.9. The predicted molar refractivity (Wildman–Crippen MR) is 117 cm³/mol. The van der Waals surface area contributed by atoms with Gasteiger partial charge < -0.3 is 30.3 Å². The maximum Gasteiger partial charge on any atom is 0.278 e. The Morgan fingerprint density at radius 2 is 2.16 bits per heavy atom. The molecule has 3 heterocycles. The van der Waals surface area contributed by atoms with Gasteiger partial charge in [0.25, 0.3) is 11.8 Å². The molecule has 3 rings (SSSR count). The number of carboxylic acids is 1. The highest BCUT2D eigenvalue weighted by Crippen LogP contribution is 2.40. The number of quaternary nitrogens is 1. The molecule has 3 N–H and O–H groups in total. The number of carbonyl (C=O) groups excluding carboxylic acids is 3. The van der Waals surface area contributed by atoms with Crippen molar-refractivity contribution >= 4 is 51.9 Å². The van der Waals surface area contributed by atoms with Gasteiger partial charge in [-0.25, -0.2) is 0 Å². The monoisotopic (exact) mass is 481 g/mol. The lowest BCUT2D eigenvalue weighted by Crippen LogP contribution is -2.71. The normalized spacial score (nSPS) is 21.4. The van der Waals surface area contributed by atoms with Crippen LogP contribution in [0.1, 0.15) is 5.82 Å². The van der Waals surface area contributed by atoms with E-state index in [1.807, 2.05) is 27.2 Å². The fraction of sp³-hybridized carbons (Fsp3) is 0.444. The van der Waals surface area contributed by atoms with Gasteiger partial charge in [-0.15, -0.1) is 11.8 Å². The number of aliphatic carboxylic acids is 1. The Hall–Kier alpha value is -2.97. The van der Waals surface area contributed by atoms with E-state index in [1.165, 1.54) is 18.9 Å². The fourth-order valence-corrected chi connectivity index (χ4v) is 4.84. The molecule has 0 bridgehead atoms. The van der Waals surface area contributed by atoms with E-state index in [2.05, 4.69) is 24.7 Å². The van der Waals surface area contributed by atoms with Crippen LogP contribution in [-0.4, -0.2) is 94.2 Å². The van der Waals surface area contributed by atoms with Crippen molar-refractivity contribution in [1.82, 2.24) is 19.6 Å². The van der Waals surface area contributed by atoms with Crippen LogP contribution in [0.5, 0.6) is 0 Å². The molecule has 0 saturated carbocycles. The Bertz CT molecular complexity index is 1030. The van der Waals surface area contributed by atoms with Crippen LogP contribution in [0, 0.1) is 0 Å². The Labute approximate surface area is 192 Å². The quantitative estimate of drug-likeness (QED) is 0.187. The topological polar surface area (TPSA) is 163 Å². The van der Waals surface area contributed by atoms with Crippen molar-refractivity contribution in [3.05, 3.63) is 29.2 Å². The highest BCUT2D eigenvalue weighted by Gasteiger charge is 2.53. The van der Waals surface area contributed by atoms with E-state index in [9.17, 15) is 19.5 Å². The molecule has 0 aromatic carbocycles. The zero-order chi connectivity index (χ0) is 23.6. The molecule has 12 nitrogen and oxygen atoms in total. The van der Waals surface area contributed by atoms with E-state index in [4.69, 9.17) is 5.73 Å². The molecule has 2 aliphatic heterocycles. The van der Waals surface area contributed by atoms with E-state index < -0.39 is 29.2 Å². The van der Waals surface area contributed by atoms with E-state index in [1.54, 1.807) is 6.08 Å². The summed E-state index contributed by atoms with van der Waals surface area (Å²) < 4.78 is 4.60. The van der Waals surface area contributed by atoms with Gasteiger partial charge in [0.2, 0.25) is 11.5 Å². The summed E-state index contributed by atoms with van der Waals surface area (Å²) in [6, 6.07) is -0.948. The molecule has 172 valence electrons. The van der Waals surface area contributed by atoms with Crippen molar-refractivity contribution in [1.29, 1.82) is 0 Å². The van der Waals surface area contributed by atoms with Gasteiger partial charge in [0.15, 0.2) is 5.13 Å². The molecule has 0 spiro atoms. The van der Waals surface area contributed by atoms with Gasteiger partial charge in [0, 0.05) is 17.3 Å². The Balaban J connectivity index is 1.78. The second-order valence-corrected chi connectivity index (χ2v) is 9.86. The van der Waals surface area contributed by atoms with Gasteiger partial charge in [-0.2, -0.15) is 9.36 Å². The first-order valence-electron chi connectivity index (χ1n) is 9.41. The van der Waals surface area contributed by atoms with Crippen LogP contribution in [0.15, 0.2) is 28.6 Å². The average molecular weight is 482 g/mol. The van der Waals surface area contributed by atoms with Crippen LogP contribution < -0.4 is 16.2 Å². The molecule has 2 unspecified atom stereocenters. The van der Waals surface area contributed by atoms with Gasteiger partial charge in [0.1, 0.15) is 18.5 Å². The molecule has 2 atom stereocenters. The second-order valence-electron chi connectivity index (χ2n) is 7.98. The smallest absolute Gasteiger partial charge is 0.278 e. The molecular formula is C18H23N7O5S2. The lowest BCUT2D eigenvalue weighted by molar-refractivity contribution is -0.864. The number of nitrogens with two attached hydrogens (primary N) is 1. The lowest BCUT2D eigenvalue weighted by atomic mass is 10.0. The summed E-state index contributed by atoms with van der Waals surface area (Å²) in [5, 5.41) is 17.6. The zero-order valence-corrected chi connectivity index (χ0v) is 19.5. The van der Waals surface area contributed by atoms with Gasteiger partial charge in [-0.3, -0.25) is 14.5 Å². The first kappa shape index (κ1) is 23.7. The fourth-order valence-electron chi connectivity index (χ4n) is 3.09. The van der Waals surface area contributed by atoms with Crippen molar-refractivity contribution in [2.24, 2.45) is 5.16 Å². The summed E-state index contributed by atoms with van der Waals surface area (Å²) in [4.78, 5) is 47.0. The number of aromatic nitrogens is 2. The summed E-state index contributed by atoms with van der Waals surface area (Å²) in [5.74, 6) is -2.43. The summed E-state index contributed by atoms with van der Waals surface area (Å²) in [6.45, 7) is 0.682. The van der Waals surface area contributed by atoms with Crippen LogP contribution in [0.4, 0.5) is 5.13 Å². The molecular weight excluding hydrogens is 458 g/mol. The van der Waals surface area contributed by atoms with Crippen LogP contribution in [0.3, 0.4) is 0 Å². The van der Waals surface area contributed by atoms with Crippen molar-refractivity contribution in [2.75, 3.05) is 46.3 Å². The van der Waals surface area contributed by atoms with Gasteiger partial charge in [0.05, 0.1) is 39.4 Å². The minimum Gasteiger partial charge on any atom is -0.543 e. The number of carbonyl (C=O) groups is 3. The standard InChI is InChI=1S/C18H23N7O5S2/c1-25(2,3)7-5-6-9-8-31-16-11(15(27)24(16)12(9)17(28)29)20-14(26)10(22-30-4)13-21-18(19)32-23-13/h5-6,11,16H,7-8H2,1-4H3,(H3-,19,20,21,23,26,28,29)/b6-5+,22-10+. The summed E-state index contributed by atoms with van der Waals surface area (Å²) in [7, 11) is 7.27. The van der Waals surface area contributed by atoms with E-state index in [0.29, 0.717) is 22.4 Å². The molecule has 14 heteroatoms. The number of β-lactam (4-membered cyclic amide) rings is 1. The third kappa shape index (κ3) is 4.92. The number of likely N-dealkylation sites (N-methyl/N-ethyl adjacent to an activating group) is 1. The number of allylic oxidation sites excluding steroid dienone is 1. The summed E-state index contributed by atoms with van der Waals surface area (Å²) in [5.41, 5.74) is 5.62. The molecule has 1 aromatic heterocycles. The number of fused-ring (bicyclic) bond motifs is 1. The van der Waals surface area contributed by atoms with E-state index in [-0.39, 0.29) is 22.4 Å². The SMILES string of the molecule is CO/N=C(/C(=O)NC1C(=O)N2C(C(=O)[O-])=C(/C=C/C[N+](C)(C)C)CSC12)c1nsc(N)n1. The number of nitrogens with one attached hydrogen (secondary N) is 1. The Morgan fingerprint density at radius 1 is 1.44 bits per heavy atom. The minimum absolute atomic E-state index is 0.0354. The largest absolute Gasteiger partial charge is 0.543 e. The molecule has 1 aromatic rings. The number of oxime groups is 1. The first-order valence-corrected chi connectivity index (χ1v) is 11.2. The maximum atomic E-state index is 12.8. The second kappa shape index (κ2) is 9.26. The predicted octanol–water partition coefficient (Wildman–Crippen LogP) is -1.86. The molecule has 0 radical (unpaired) electrons. The van der Waals surface area contributed by atoms with Gasteiger partial charge >= 0.3 is 0 Å². The third-order valence-electron chi connectivity index (χ3n) is 4.50. The number of anilines is 1. The first-order chi connectivity index (χ1) is 15.0. The van der Waals surface area contributed by atoms with Gasteiger partial charge in [-0.1, -0.05) is 11.2 Å². The highest BCUT2D eigenvalue weighted by molar-refractivity contribution is 8.00. The molecule has 1 fully saturated rings. The Morgan fingerprint density at radius 3 is 2.72 bits per heavy atom. The minimum atomic E-state index is -1.44. The van der Waals surface area contributed by atoms with E-state index >= 15 is 0 Å². The van der Waals surface area contributed by atoms with Gasteiger partial charge in [-0.05, 0) is 11.6 Å².